The van der Waals surface area contributed by atoms with Crippen LogP contribution in [0.4, 0.5) is 11.4 Å². The van der Waals surface area contributed by atoms with Crippen molar-refractivity contribution in [3.05, 3.63) is 59.1 Å². The van der Waals surface area contributed by atoms with Crippen molar-refractivity contribution in [1.29, 1.82) is 0 Å². The van der Waals surface area contributed by atoms with Crippen molar-refractivity contribution in [2.45, 2.75) is 25.8 Å². The highest BCUT2D eigenvalue weighted by Gasteiger charge is 2.25. The Hall–Kier alpha value is -2.00. The minimum Gasteiger partial charge on any atom is -0.368 e. The van der Waals surface area contributed by atoms with E-state index >= 15 is 0 Å². The number of amides is 1. The van der Waals surface area contributed by atoms with Gasteiger partial charge in [-0.15, -0.1) is 0 Å². The van der Waals surface area contributed by atoms with Gasteiger partial charge in [0, 0.05) is 24.7 Å². The summed E-state index contributed by atoms with van der Waals surface area (Å²) in [7, 11) is 0. The lowest BCUT2D eigenvalue weighted by atomic mass is 10.1. The third kappa shape index (κ3) is 3.09. The summed E-state index contributed by atoms with van der Waals surface area (Å²) >= 11 is 6.06. The first-order chi connectivity index (χ1) is 10.6. The largest absolute Gasteiger partial charge is 0.368 e. The standard InChI is InChI=1S/C18H19ClN2O/c1-13-12-14-6-2-5-9-17(14)21(13)11-10-18(22)20-16-8-4-3-7-15(16)19/h2-9,13H,10-12H2,1H3,(H,20,22)/t13-/m1/s1. The van der Waals surface area contributed by atoms with Crippen molar-refractivity contribution >= 4 is 28.9 Å². The van der Waals surface area contributed by atoms with Gasteiger partial charge in [-0.25, -0.2) is 0 Å². The molecule has 0 saturated carbocycles. The van der Waals surface area contributed by atoms with Gasteiger partial charge in [0.1, 0.15) is 0 Å². The second kappa shape index (κ2) is 6.41. The third-order valence-corrected chi connectivity index (χ3v) is 4.41. The Bertz CT molecular complexity index is 686. The number of halogens is 1. The van der Waals surface area contributed by atoms with Crippen LogP contribution in [0.5, 0.6) is 0 Å². The molecule has 0 radical (unpaired) electrons. The van der Waals surface area contributed by atoms with Crippen molar-refractivity contribution < 1.29 is 4.79 Å². The van der Waals surface area contributed by atoms with Gasteiger partial charge >= 0.3 is 0 Å². The maximum Gasteiger partial charge on any atom is 0.226 e. The Labute approximate surface area is 135 Å². The molecule has 1 heterocycles. The maximum atomic E-state index is 12.1. The number of nitrogens with zero attached hydrogens (tertiary/aromatic N) is 1. The Kier molecular flexibility index (Phi) is 4.34. The number of hydrogen-bond donors (Lipinski definition) is 1. The molecule has 1 amide bonds. The zero-order chi connectivity index (χ0) is 15.5. The molecule has 0 bridgehead atoms. The van der Waals surface area contributed by atoms with E-state index in [9.17, 15) is 4.79 Å². The average Bonchev–Trinajstić information content (AvgIpc) is 2.83. The lowest BCUT2D eigenvalue weighted by Gasteiger charge is -2.24. The summed E-state index contributed by atoms with van der Waals surface area (Å²) in [4.78, 5) is 14.5. The molecule has 0 saturated heterocycles. The summed E-state index contributed by atoms with van der Waals surface area (Å²) in [5, 5.41) is 3.44. The molecule has 3 rings (SSSR count). The van der Waals surface area contributed by atoms with Crippen molar-refractivity contribution in [1.82, 2.24) is 0 Å². The van der Waals surface area contributed by atoms with Crippen LogP contribution in [0.3, 0.4) is 0 Å². The topological polar surface area (TPSA) is 32.3 Å². The number of hydrogen-bond acceptors (Lipinski definition) is 2. The number of para-hydroxylation sites is 2. The first kappa shape index (κ1) is 14.9. The van der Waals surface area contributed by atoms with Gasteiger partial charge < -0.3 is 10.2 Å². The fourth-order valence-corrected chi connectivity index (χ4v) is 3.15. The monoisotopic (exact) mass is 314 g/mol. The van der Waals surface area contributed by atoms with Crippen LogP contribution in [0, 0.1) is 0 Å². The normalized spacial score (nSPS) is 16.5. The predicted molar refractivity (Wildman–Crippen MR) is 91.7 cm³/mol. The van der Waals surface area contributed by atoms with Crippen LogP contribution in [-0.4, -0.2) is 18.5 Å². The van der Waals surface area contributed by atoms with Crippen LogP contribution in [0.2, 0.25) is 5.02 Å². The van der Waals surface area contributed by atoms with Gasteiger partial charge in [0.15, 0.2) is 0 Å². The van der Waals surface area contributed by atoms with E-state index in [1.807, 2.05) is 24.3 Å². The maximum absolute atomic E-state index is 12.1. The van der Waals surface area contributed by atoms with Gasteiger partial charge in [0.2, 0.25) is 5.91 Å². The summed E-state index contributed by atoms with van der Waals surface area (Å²) in [6.45, 7) is 2.92. The van der Waals surface area contributed by atoms with Gasteiger partial charge in [0.05, 0.1) is 10.7 Å². The molecule has 22 heavy (non-hydrogen) atoms. The van der Waals surface area contributed by atoms with E-state index < -0.39 is 0 Å². The van der Waals surface area contributed by atoms with Crippen LogP contribution >= 0.6 is 11.6 Å². The molecule has 0 aromatic heterocycles. The zero-order valence-corrected chi connectivity index (χ0v) is 13.3. The molecule has 0 aliphatic carbocycles. The lowest BCUT2D eigenvalue weighted by molar-refractivity contribution is -0.116. The molecule has 2 aromatic carbocycles. The van der Waals surface area contributed by atoms with Gasteiger partial charge in [-0.05, 0) is 37.1 Å². The smallest absolute Gasteiger partial charge is 0.226 e. The molecule has 0 spiro atoms. The SMILES string of the molecule is C[C@@H]1Cc2ccccc2N1CCC(=O)Nc1ccccc1Cl. The van der Waals surface area contributed by atoms with Crippen LogP contribution in [0.1, 0.15) is 18.9 Å². The summed E-state index contributed by atoms with van der Waals surface area (Å²) in [5.74, 6) is -0.00955. The zero-order valence-electron chi connectivity index (χ0n) is 12.6. The second-order valence-electron chi connectivity index (χ2n) is 5.65. The number of rotatable bonds is 4. The summed E-state index contributed by atoms with van der Waals surface area (Å²) in [6.07, 6.45) is 1.49. The minimum absolute atomic E-state index is 0.00955. The van der Waals surface area contributed by atoms with Gasteiger partial charge in [-0.3, -0.25) is 4.79 Å². The molecule has 2 aromatic rings. The number of carbonyl (C=O) groups is 1. The first-order valence-corrected chi connectivity index (χ1v) is 7.92. The highest BCUT2D eigenvalue weighted by Crippen LogP contribution is 2.31. The average molecular weight is 315 g/mol. The number of carbonyl (C=O) groups excluding carboxylic acids is 1. The van der Waals surface area contributed by atoms with E-state index in [-0.39, 0.29) is 5.91 Å². The molecule has 1 N–H and O–H groups in total. The molecule has 1 atom stereocenters. The van der Waals surface area contributed by atoms with E-state index in [1.165, 1.54) is 11.3 Å². The van der Waals surface area contributed by atoms with Crippen LogP contribution in [0.15, 0.2) is 48.5 Å². The van der Waals surface area contributed by atoms with Crippen molar-refractivity contribution in [3.63, 3.8) is 0 Å². The number of anilines is 2. The minimum atomic E-state index is -0.00955. The van der Waals surface area contributed by atoms with E-state index in [0.29, 0.717) is 29.7 Å². The lowest BCUT2D eigenvalue weighted by Crippen LogP contribution is -2.32. The van der Waals surface area contributed by atoms with Crippen LogP contribution in [0.25, 0.3) is 0 Å². The molecule has 114 valence electrons. The predicted octanol–water partition coefficient (Wildman–Crippen LogP) is 4.12. The van der Waals surface area contributed by atoms with Crippen LogP contribution in [-0.2, 0) is 11.2 Å². The Morgan fingerprint density at radius 2 is 1.95 bits per heavy atom. The van der Waals surface area contributed by atoms with Gasteiger partial charge in [-0.1, -0.05) is 41.9 Å². The van der Waals surface area contributed by atoms with Gasteiger partial charge in [0.25, 0.3) is 0 Å². The van der Waals surface area contributed by atoms with Crippen molar-refractivity contribution in [2.75, 3.05) is 16.8 Å². The van der Waals surface area contributed by atoms with E-state index in [0.717, 1.165) is 6.42 Å². The first-order valence-electron chi connectivity index (χ1n) is 7.54. The van der Waals surface area contributed by atoms with Gasteiger partial charge in [-0.2, -0.15) is 0 Å². The highest BCUT2D eigenvalue weighted by molar-refractivity contribution is 6.33. The molecule has 0 fully saturated rings. The molecule has 4 heteroatoms. The summed E-state index contributed by atoms with van der Waals surface area (Å²) < 4.78 is 0. The molecule has 1 aliphatic heterocycles. The molecular weight excluding hydrogens is 296 g/mol. The molecule has 3 nitrogen and oxygen atoms in total. The summed E-state index contributed by atoms with van der Waals surface area (Å²) in [5.41, 5.74) is 3.28. The fraction of sp³-hybridized carbons (Fsp3) is 0.278. The van der Waals surface area contributed by atoms with Crippen LogP contribution < -0.4 is 10.2 Å². The Balaban J connectivity index is 1.61. The number of fused-ring (bicyclic) bond motifs is 1. The molecular formula is C18H19ClN2O. The quantitative estimate of drug-likeness (QED) is 0.920. The van der Waals surface area contributed by atoms with Crippen molar-refractivity contribution in [3.8, 4) is 0 Å². The van der Waals surface area contributed by atoms with E-state index in [4.69, 9.17) is 11.6 Å². The molecule has 0 unspecified atom stereocenters. The fourth-order valence-electron chi connectivity index (χ4n) is 2.97. The van der Waals surface area contributed by atoms with Crippen molar-refractivity contribution in [2.24, 2.45) is 0 Å². The van der Waals surface area contributed by atoms with E-state index in [1.54, 1.807) is 6.07 Å². The Morgan fingerprint density at radius 1 is 1.23 bits per heavy atom. The Morgan fingerprint density at radius 3 is 2.77 bits per heavy atom. The highest BCUT2D eigenvalue weighted by atomic mass is 35.5. The summed E-state index contributed by atoms with van der Waals surface area (Å²) in [6, 6.07) is 16.1. The molecule has 1 aliphatic rings. The van der Waals surface area contributed by atoms with E-state index in [2.05, 4.69) is 35.3 Å². The second-order valence-corrected chi connectivity index (χ2v) is 6.06. The number of benzene rings is 2. The third-order valence-electron chi connectivity index (χ3n) is 4.08. The number of nitrogens with one attached hydrogen (secondary N) is 1.